The number of nitrogens with zero attached hydrogens (tertiary/aromatic N) is 2. The Labute approximate surface area is 312 Å². The quantitative estimate of drug-likeness (QED) is 0.169. The first-order chi connectivity index (χ1) is 26.0. The van der Waals surface area contributed by atoms with Crippen molar-refractivity contribution < 1.29 is 0 Å². The minimum absolute atomic E-state index is 0.122. The average Bonchev–Trinajstić information content (AvgIpc) is 3.67. The van der Waals surface area contributed by atoms with E-state index in [1.807, 2.05) is 0 Å². The van der Waals surface area contributed by atoms with Gasteiger partial charge in [-0.15, -0.1) is 0 Å². The van der Waals surface area contributed by atoms with Crippen molar-refractivity contribution in [1.82, 2.24) is 4.57 Å². The highest BCUT2D eigenvalue weighted by Crippen LogP contribution is 2.57. The number of fused-ring (bicyclic) bond motifs is 5. The Morgan fingerprint density at radius 1 is 0.585 bits per heavy atom. The first kappa shape index (κ1) is 31.6. The summed E-state index contributed by atoms with van der Waals surface area (Å²) in [6.07, 6.45) is 12.9. The summed E-state index contributed by atoms with van der Waals surface area (Å²) < 4.78 is 2.40. The topological polar surface area (TPSA) is 8.17 Å². The van der Waals surface area contributed by atoms with Crippen LogP contribution in [0.5, 0.6) is 0 Å². The highest BCUT2D eigenvalue weighted by Gasteiger charge is 2.45. The number of aromatic nitrogens is 1. The number of anilines is 2. The molecule has 3 aliphatic rings. The van der Waals surface area contributed by atoms with E-state index in [1.165, 1.54) is 73.2 Å². The zero-order valence-corrected chi connectivity index (χ0v) is 30.3. The van der Waals surface area contributed by atoms with Gasteiger partial charge in [-0.05, 0) is 130 Å². The molecule has 0 N–H and O–H groups in total. The van der Waals surface area contributed by atoms with E-state index in [1.54, 1.807) is 16.7 Å². The van der Waals surface area contributed by atoms with Crippen LogP contribution in [0.15, 0.2) is 198 Å². The maximum Gasteiger partial charge on any atom is 0.0541 e. The van der Waals surface area contributed by atoms with Gasteiger partial charge in [0, 0.05) is 33.5 Å². The van der Waals surface area contributed by atoms with Crippen LogP contribution in [-0.4, -0.2) is 4.57 Å². The van der Waals surface area contributed by atoms with Gasteiger partial charge in [-0.1, -0.05) is 129 Å². The lowest BCUT2D eigenvalue weighted by Gasteiger charge is -2.37. The second-order valence-corrected chi connectivity index (χ2v) is 15.3. The van der Waals surface area contributed by atoms with Gasteiger partial charge in [-0.2, -0.15) is 0 Å². The molecule has 6 aromatic carbocycles. The predicted octanol–water partition coefficient (Wildman–Crippen LogP) is 13.8. The average molecular weight is 683 g/mol. The fraction of sp³-hybridized carbons (Fsp3) is 0.137. The zero-order valence-electron chi connectivity index (χ0n) is 30.3. The molecule has 0 spiro atoms. The SMILES string of the molecule is CC1(C)C2=C(CCC=C2)C2=CC=C(N(c3ccccc3)c3ccc(-c4ccc5c(c4)c4ccccc4n5-c4ccc(-c5ccccc5)cc4)cc3)CC21. The molecule has 256 valence electrons. The summed E-state index contributed by atoms with van der Waals surface area (Å²) in [6.45, 7) is 4.90. The lowest BCUT2D eigenvalue weighted by molar-refractivity contribution is 0.330. The molecule has 0 saturated heterocycles. The number of rotatable bonds is 6. The Morgan fingerprint density at radius 3 is 2.00 bits per heavy atom. The number of allylic oxidation sites excluding steroid dienone is 8. The van der Waals surface area contributed by atoms with Crippen molar-refractivity contribution in [2.45, 2.75) is 33.1 Å². The zero-order chi connectivity index (χ0) is 35.5. The monoisotopic (exact) mass is 682 g/mol. The summed E-state index contributed by atoms with van der Waals surface area (Å²) in [7, 11) is 0. The van der Waals surface area contributed by atoms with E-state index in [9.17, 15) is 0 Å². The third-order valence-electron chi connectivity index (χ3n) is 12.0. The van der Waals surface area contributed by atoms with Crippen LogP contribution in [0.2, 0.25) is 0 Å². The van der Waals surface area contributed by atoms with Crippen LogP contribution < -0.4 is 4.90 Å². The summed E-state index contributed by atoms with van der Waals surface area (Å²) >= 11 is 0. The summed E-state index contributed by atoms with van der Waals surface area (Å²) in [4.78, 5) is 2.47. The number of benzene rings is 6. The number of hydrogen-bond donors (Lipinski definition) is 0. The first-order valence-electron chi connectivity index (χ1n) is 19.0. The van der Waals surface area contributed by atoms with E-state index in [2.05, 4.69) is 199 Å². The van der Waals surface area contributed by atoms with Gasteiger partial charge in [-0.25, -0.2) is 0 Å². The number of hydrogen-bond acceptors (Lipinski definition) is 1. The molecule has 2 nitrogen and oxygen atoms in total. The standard InChI is InChI=1S/C51H42N2/c1-51(2)47-19-11-9-17-43(47)44-31-30-42(34-48(44)51)52(39-15-7-4-8-16-39)40-26-23-37(24-27-40)38-25-32-50-46(33-38)45-18-10-12-20-49(45)53(50)41-28-21-36(22-29-41)35-13-5-3-6-14-35/h3-8,10-16,18-33,48H,9,17,34H2,1-2H3. The second kappa shape index (κ2) is 12.5. The van der Waals surface area contributed by atoms with Crippen molar-refractivity contribution in [1.29, 1.82) is 0 Å². The van der Waals surface area contributed by atoms with Crippen LogP contribution in [0.3, 0.4) is 0 Å². The molecule has 0 amide bonds. The fourth-order valence-corrected chi connectivity index (χ4v) is 9.29. The molecule has 0 fully saturated rings. The van der Waals surface area contributed by atoms with Crippen LogP contribution in [0.4, 0.5) is 11.4 Å². The molecule has 1 atom stereocenters. The van der Waals surface area contributed by atoms with E-state index in [4.69, 9.17) is 0 Å². The smallest absolute Gasteiger partial charge is 0.0541 e. The predicted molar refractivity (Wildman–Crippen MR) is 224 cm³/mol. The van der Waals surface area contributed by atoms with Crippen LogP contribution in [-0.2, 0) is 0 Å². The van der Waals surface area contributed by atoms with Gasteiger partial charge < -0.3 is 9.47 Å². The first-order valence-corrected chi connectivity index (χ1v) is 19.0. The molecule has 0 radical (unpaired) electrons. The highest BCUT2D eigenvalue weighted by atomic mass is 15.1. The maximum atomic E-state index is 2.47. The molecule has 0 bridgehead atoms. The number of para-hydroxylation sites is 2. The molecule has 53 heavy (non-hydrogen) atoms. The van der Waals surface area contributed by atoms with Crippen LogP contribution in [0.1, 0.15) is 33.1 Å². The molecule has 2 heteroatoms. The molecule has 10 rings (SSSR count). The molecule has 7 aromatic rings. The molecule has 3 aliphatic carbocycles. The Kier molecular flexibility index (Phi) is 7.47. The van der Waals surface area contributed by atoms with Crippen molar-refractivity contribution in [3.8, 4) is 27.9 Å². The van der Waals surface area contributed by atoms with Crippen LogP contribution in [0.25, 0.3) is 49.7 Å². The fourth-order valence-electron chi connectivity index (χ4n) is 9.29. The van der Waals surface area contributed by atoms with E-state index >= 15 is 0 Å². The van der Waals surface area contributed by atoms with Gasteiger partial charge in [0.05, 0.1) is 11.0 Å². The summed E-state index contributed by atoms with van der Waals surface area (Å²) in [5.74, 6) is 0.483. The Bertz CT molecular complexity index is 2630. The normalized spacial score (nSPS) is 17.4. The van der Waals surface area contributed by atoms with Gasteiger partial charge in [0.15, 0.2) is 0 Å². The van der Waals surface area contributed by atoms with E-state index in [-0.39, 0.29) is 5.41 Å². The minimum atomic E-state index is 0.122. The van der Waals surface area contributed by atoms with Crippen molar-refractivity contribution in [3.63, 3.8) is 0 Å². The lowest BCUT2D eigenvalue weighted by Crippen LogP contribution is -2.28. The lowest BCUT2D eigenvalue weighted by atomic mass is 9.72. The molecule has 1 heterocycles. The summed E-state index contributed by atoms with van der Waals surface area (Å²) in [5.41, 5.74) is 17.1. The Balaban J connectivity index is 1.01. The minimum Gasteiger partial charge on any atom is -0.314 e. The summed E-state index contributed by atoms with van der Waals surface area (Å²) in [5, 5.41) is 2.53. The Morgan fingerprint density at radius 2 is 1.21 bits per heavy atom. The third kappa shape index (κ3) is 5.24. The van der Waals surface area contributed by atoms with E-state index in [0.717, 1.165) is 12.8 Å². The van der Waals surface area contributed by atoms with Crippen LogP contribution >= 0.6 is 0 Å². The van der Waals surface area contributed by atoms with E-state index in [0.29, 0.717) is 5.92 Å². The van der Waals surface area contributed by atoms with Crippen molar-refractivity contribution in [2.75, 3.05) is 4.90 Å². The molecular weight excluding hydrogens is 641 g/mol. The van der Waals surface area contributed by atoms with Gasteiger partial charge in [0.2, 0.25) is 0 Å². The molecule has 0 aliphatic heterocycles. The van der Waals surface area contributed by atoms with Crippen LogP contribution in [0, 0.1) is 11.3 Å². The van der Waals surface area contributed by atoms with Gasteiger partial charge >= 0.3 is 0 Å². The molecular formula is C51H42N2. The van der Waals surface area contributed by atoms with Crippen molar-refractivity contribution in [3.05, 3.63) is 198 Å². The van der Waals surface area contributed by atoms with E-state index < -0.39 is 0 Å². The summed E-state index contributed by atoms with van der Waals surface area (Å²) in [6, 6.07) is 55.3. The van der Waals surface area contributed by atoms with Gasteiger partial charge in [0.1, 0.15) is 0 Å². The largest absolute Gasteiger partial charge is 0.314 e. The maximum absolute atomic E-state index is 2.47. The van der Waals surface area contributed by atoms with Crippen molar-refractivity contribution >= 4 is 33.2 Å². The molecule has 1 unspecified atom stereocenters. The molecule has 0 saturated carbocycles. The second-order valence-electron chi connectivity index (χ2n) is 15.3. The third-order valence-corrected chi connectivity index (χ3v) is 12.0. The highest BCUT2D eigenvalue weighted by molar-refractivity contribution is 6.10. The van der Waals surface area contributed by atoms with Crippen molar-refractivity contribution in [2.24, 2.45) is 11.3 Å². The molecule has 1 aromatic heterocycles. The van der Waals surface area contributed by atoms with Gasteiger partial charge in [-0.3, -0.25) is 0 Å². The Hall–Kier alpha value is -6.12. The van der Waals surface area contributed by atoms with Gasteiger partial charge in [0.25, 0.3) is 0 Å².